The number of nitrogens with two attached hydrogens (primary N) is 1. The zero-order valence-electron chi connectivity index (χ0n) is 17.9. The Morgan fingerprint density at radius 2 is 1.97 bits per heavy atom. The number of hydrogen-bond donors (Lipinski definition) is 3. The van der Waals surface area contributed by atoms with Crippen LogP contribution in [0.15, 0.2) is 60.2 Å². The summed E-state index contributed by atoms with van der Waals surface area (Å²) in [5.41, 5.74) is 8.29. The number of methoxy groups -OCH3 is 1. The largest absolute Gasteiger partial charge is 0.497 e. The van der Waals surface area contributed by atoms with E-state index in [0.717, 1.165) is 11.3 Å². The second kappa shape index (κ2) is 9.93. The van der Waals surface area contributed by atoms with E-state index in [2.05, 4.69) is 5.32 Å². The molecule has 31 heavy (non-hydrogen) atoms. The number of anilines is 1. The Bertz CT molecular complexity index is 998. The molecule has 0 unspecified atom stereocenters. The number of carbonyl (C=O) groups is 2. The van der Waals surface area contributed by atoms with E-state index in [1.807, 2.05) is 49.4 Å². The molecule has 4 N–H and O–H groups in total. The van der Waals surface area contributed by atoms with Crippen LogP contribution in [0.5, 0.6) is 5.75 Å². The summed E-state index contributed by atoms with van der Waals surface area (Å²) in [7, 11) is 1.59. The molecular weight excluding hydrogens is 392 g/mol. The quantitative estimate of drug-likeness (QED) is 0.451. The minimum Gasteiger partial charge on any atom is -0.497 e. The molecule has 3 rings (SSSR count). The van der Waals surface area contributed by atoms with Crippen LogP contribution < -0.4 is 20.7 Å². The summed E-state index contributed by atoms with van der Waals surface area (Å²) >= 11 is 0. The molecule has 0 saturated heterocycles. The van der Waals surface area contributed by atoms with Gasteiger partial charge in [0.15, 0.2) is 0 Å². The summed E-state index contributed by atoms with van der Waals surface area (Å²) < 4.78 is 5.27. The number of likely N-dealkylation sites (N-methyl/N-ethyl adjacent to an activating group) is 1. The third-order valence-corrected chi connectivity index (χ3v) is 5.42. The predicted molar refractivity (Wildman–Crippen MR) is 121 cm³/mol. The molecule has 1 atom stereocenters. The average molecular weight is 421 g/mol. The van der Waals surface area contributed by atoms with Crippen LogP contribution in [0, 0.1) is 11.3 Å². The van der Waals surface area contributed by atoms with Crippen molar-refractivity contribution in [2.45, 2.75) is 26.3 Å². The van der Waals surface area contributed by atoms with Gasteiger partial charge in [-0.25, -0.2) is 0 Å². The maximum atomic E-state index is 13.3. The van der Waals surface area contributed by atoms with Crippen LogP contribution in [-0.2, 0) is 16.1 Å². The summed E-state index contributed by atoms with van der Waals surface area (Å²) in [4.78, 5) is 27.8. The number of nitrogens with zero attached hydrogens (tertiary/aromatic N) is 1. The van der Waals surface area contributed by atoms with E-state index in [0.29, 0.717) is 42.8 Å². The first-order valence-electron chi connectivity index (χ1n) is 10.3. The van der Waals surface area contributed by atoms with Crippen molar-refractivity contribution >= 4 is 23.3 Å². The SMILES string of the molecule is CCN(C(=O)C1=CCC[C@@H]1C(=O)NCc1ccc(C(=N)N)cc1)c1cccc(OC)c1. The van der Waals surface area contributed by atoms with Crippen molar-refractivity contribution in [2.75, 3.05) is 18.6 Å². The zero-order valence-corrected chi connectivity index (χ0v) is 17.9. The number of carbonyl (C=O) groups excluding carboxylic acids is 2. The van der Waals surface area contributed by atoms with Crippen LogP contribution in [0.3, 0.4) is 0 Å². The fraction of sp³-hybridized carbons (Fsp3) is 0.292. The molecule has 0 spiro atoms. The van der Waals surface area contributed by atoms with Gasteiger partial charge in [-0.05, 0) is 37.5 Å². The highest BCUT2D eigenvalue weighted by molar-refractivity contribution is 6.09. The highest BCUT2D eigenvalue weighted by atomic mass is 16.5. The van der Waals surface area contributed by atoms with Gasteiger partial charge in [0, 0.05) is 36.0 Å². The van der Waals surface area contributed by atoms with Gasteiger partial charge in [-0.2, -0.15) is 0 Å². The van der Waals surface area contributed by atoms with Gasteiger partial charge < -0.3 is 20.7 Å². The normalized spacial score (nSPS) is 15.2. The van der Waals surface area contributed by atoms with Crippen molar-refractivity contribution in [1.82, 2.24) is 5.32 Å². The monoisotopic (exact) mass is 420 g/mol. The molecule has 0 heterocycles. The van der Waals surface area contributed by atoms with Crippen LogP contribution in [0.1, 0.15) is 30.9 Å². The lowest BCUT2D eigenvalue weighted by Crippen LogP contribution is -2.38. The van der Waals surface area contributed by atoms with E-state index >= 15 is 0 Å². The molecule has 0 radical (unpaired) electrons. The van der Waals surface area contributed by atoms with E-state index in [-0.39, 0.29) is 17.6 Å². The first-order valence-corrected chi connectivity index (χ1v) is 10.3. The highest BCUT2D eigenvalue weighted by Gasteiger charge is 2.33. The summed E-state index contributed by atoms with van der Waals surface area (Å²) in [6, 6.07) is 14.5. The third kappa shape index (κ3) is 5.12. The maximum absolute atomic E-state index is 13.3. The van der Waals surface area contributed by atoms with Crippen molar-refractivity contribution in [3.05, 3.63) is 71.3 Å². The first-order chi connectivity index (χ1) is 14.9. The molecule has 0 aromatic heterocycles. The molecule has 2 aromatic rings. The van der Waals surface area contributed by atoms with Gasteiger partial charge in [-0.3, -0.25) is 15.0 Å². The molecule has 2 aromatic carbocycles. The lowest BCUT2D eigenvalue weighted by atomic mass is 9.98. The molecular formula is C24H28N4O3. The van der Waals surface area contributed by atoms with E-state index in [1.165, 1.54) is 0 Å². The summed E-state index contributed by atoms with van der Waals surface area (Å²) in [5, 5.41) is 10.4. The topological polar surface area (TPSA) is 109 Å². The first kappa shape index (κ1) is 22.1. The van der Waals surface area contributed by atoms with Crippen molar-refractivity contribution in [1.29, 1.82) is 5.41 Å². The Labute approximate surface area is 182 Å². The minimum atomic E-state index is -0.469. The molecule has 0 fully saturated rings. The zero-order chi connectivity index (χ0) is 22.4. The lowest BCUT2D eigenvalue weighted by molar-refractivity contribution is -0.126. The van der Waals surface area contributed by atoms with Gasteiger partial charge in [0.25, 0.3) is 5.91 Å². The number of ether oxygens (including phenoxy) is 1. The van der Waals surface area contributed by atoms with E-state index in [9.17, 15) is 9.59 Å². The van der Waals surface area contributed by atoms with Crippen LogP contribution >= 0.6 is 0 Å². The van der Waals surface area contributed by atoms with E-state index in [1.54, 1.807) is 24.1 Å². The van der Waals surface area contributed by atoms with Gasteiger partial charge >= 0.3 is 0 Å². The number of amides is 2. The molecule has 0 aliphatic heterocycles. The van der Waals surface area contributed by atoms with Crippen LogP contribution in [0.4, 0.5) is 5.69 Å². The number of amidine groups is 1. The Hall–Kier alpha value is -3.61. The van der Waals surface area contributed by atoms with Crippen LogP contribution in [0.2, 0.25) is 0 Å². The second-order valence-corrected chi connectivity index (χ2v) is 7.37. The molecule has 7 nitrogen and oxygen atoms in total. The molecule has 1 aliphatic carbocycles. The van der Waals surface area contributed by atoms with Crippen LogP contribution in [-0.4, -0.2) is 31.3 Å². The minimum absolute atomic E-state index is 0.00588. The molecule has 2 amide bonds. The number of nitrogen functional groups attached to an aromatic ring is 1. The maximum Gasteiger partial charge on any atom is 0.254 e. The van der Waals surface area contributed by atoms with Crippen molar-refractivity contribution in [3.8, 4) is 5.75 Å². The fourth-order valence-corrected chi connectivity index (χ4v) is 3.70. The summed E-state index contributed by atoms with van der Waals surface area (Å²) in [6.07, 6.45) is 3.19. The molecule has 1 aliphatic rings. The van der Waals surface area contributed by atoms with Crippen molar-refractivity contribution in [3.63, 3.8) is 0 Å². The fourth-order valence-electron chi connectivity index (χ4n) is 3.70. The molecule has 162 valence electrons. The lowest BCUT2D eigenvalue weighted by Gasteiger charge is -2.24. The van der Waals surface area contributed by atoms with Gasteiger partial charge in [0.2, 0.25) is 5.91 Å². The van der Waals surface area contributed by atoms with Crippen LogP contribution in [0.25, 0.3) is 0 Å². The predicted octanol–water partition coefficient (Wildman–Crippen LogP) is 2.98. The standard InChI is InChI=1S/C24H28N4O3/c1-3-28(18-6-4-7-19(14-18)31-2)24(30)21-9-5-8-20(21)23(29)27-15-16-10-12-17(13-11-16)22(25)26/h4,6-7,9-14,20H,3,5,8,15H2,1-2H3,(H3,25,26)(H,27,29)/t20-/m0/s1. The number of nitrogens with one attached hydrogen (secondary N) is 2. The Kier molecular flexibility index (Phi) is 7.07. The Morgan fingerprint density at radius 1 is 1.23 bits per heavy atom. The second-order valence-electron chi connectivity index (χ2n) is 7.37. The Morgan fingerprint density at radius 3 is 2.61 bits per heavy atom. The summed E-state index contributed by atoms with van der Waals surface area (Å²) in [5.74, 6) is -0.0992. The van der Waals surface area contributed by atoms with Gasteiger partial charge in [0.05, 0.1) is 13.0 Å². The molecule has 0 saturated carbocycles. The van der Waals surface area contributed by atoms with Gasteiger partial charge in [0.1, 0.15) is 11.6 Å². The average Bonchev–Trinajstić information content (AvgIpc) is 3.28. The van der Waals surface area contributed by atoms with E-state index < -0.39 is 5.92 Å². The Balaban J connectivity index is 1.68. The number of allylic oxidation sites excluding steroid dienone is 1. The highest BCUT2D eigenvalue weighted by Crippen LogP contribution is 2.30. The number of rotatable bonds is 8. The van der Waals surface area contributed by atoms with Gasteiger partial charge in [-0.15, -0.1) is 0 Å². The number of benzene rings is 2. The summed E-state index contributed by atoms with van der Waals surface area (Å²) in [6.45, 7) is 2.75. The molecule has 0 bridgehead atoms. The van der Waals surface area contributed by atoms with Crippen molar-refractivity contribution < 1.29 is 14.3 Å². The smallest absolute Gasteiger partial charge is 0.254 e. The van der Waals surface area contributed by atoms with E-state index in [4.69, 9.17) is 15.9 Å². The van der Waals surface area contributed by atoms with Crippen molar-refractivity contribution in [2.24, 2.45) is 11.7 Å². The third-order valence-electron chi connectivity index (χ3n) is 5.42. The number of hydrogen-bond acceptors (Lipinski definition) is 4. The molecule has 7 heteroatoms. The van der Waals surface area contributed by atoms with Gasteiger partial charge in [-0.1, -0.05) is 36.4 Å².